The lowest BCUT2D eigenvalue weighted by molar-refractivity contribution is -0.151. The Bertz CT molecular complexity index is 908. The molecule has 0 aromatic heterocycles. The number of aryl methyl sites for hydroxylation is 1. The first-order valence-electron chi connectivity index (χ1n) is 11.2. The van der Waals surface area contributed by atoms with Gasteiger partial charge in [0.1, 0.15) is 0 Å². The Labute approximate surface area is 189 Å². The van der Waals surface area contributed by atoms with Gasteiger partial charge in [0.2, 0.25) is 11.8 Å². The van der Waals surface area contributed by atoms with Gasteiger partial charge in [-0.3, -0.25) is 14.4 Å². The smallest absolute Gasteiger partial charge is 0.309 e. The van der Waals surface area contributed by atoms with E-state index in [1.807, 2.05) is 54.6 Å². The molecule has 1 aliphatic rings. The van der Waals surface area contributed by atoms with E-state index in [0.717, 1.165) is 11.3 Å². The molecule has 2 aromatic carbocycles. The van der Waals surface area contributed by atoms with Crippen molar-refractivity contribution in [3.63, 3.8) is 0 Å². The van der Waals surface area contributed by atoms with Crippen molar-refractivity contribution < 1.29 is 19.1 Å². The normalized spacial score (nSPS) is 14.0. The van der Waals surface area contributed by atoms with E-state index in [9.17, 15) is 14.4 Å². The molecule has 0 atom stereocenters. The molecular formula is C25H31N3O4. The van der Waals surface area contributed by atoms with Crippen molar-refractivity contribution in [1.29, 1.82) is 0 Å². The van der Waals surface area contributed by atoms with Crippen LogP contribution in [0.1, 0.15) is 31.7 Å². The number of nitrogens with zero attached hydrogens (tertiary/aromatic N) is 1. The van der Waals surface area contributed by atoms with E-state index in [1.165, 1.54) is 0 Å². The van der Waals surface area contributed by atoms with Gasteiger partial charge in [0.15, 0.2) is 0 Å². The molecule has 1 aliphatic heterocycles. The molecule has 7 heteroatoms. The standard InChI is InChI=1S/C25H31N3O4/c1-2-32-25(31)20-13-15-28(16-14-20)24(30)18-26-21-9-6-10-22(17-21)27-23(29)12-11-19-7-4-3-5-8-19/h3-10,17,20,26H,2,11-16,18H2,1H3,(H,27,29). The van der Waals surface area contributed by atoms with Crippen molar-refractivity contribution in [2.75, 3.05) is 36.9 Å². The minimum absolute atomic E-state index is 0.00962. The van der Waals surface area contributed by atoms with Gasteiger partial charge in [-0.1, -0.05) is 36.4 Å². The SMILES string of the molecule is CCOC(=O)C1CCN(C(=O)CNc2cccc(NC(=O)CCc3ccccc3)c2)CC1. The maximum Gasteiger partial charge on any atom is 0.309 e. The van der Waals surface area contributed by atoms with Crippen molar-refractivity contribution in [1.82, 2.24) is 4.90 Å². The number of carbonyl (C=O) groups excluding carboxylic acids is 3. The number of likely N-dealkylation sites (tertiary alicyclic amines) is 1. The number of carbonyl (C=O) groups is 3. The highest BCUT2D eigenvalue weighted by Crippen LogP contribution is 2.19. The average Bonchev–Trinajstić information content (AvgIpc) is 2.82. The van der Waals surface area contributed by atoms with Crippen molar-refractivity contribution in [3.8, 4) is 0 Å². The fourth-order valence-corrected chi connectivity index (χ4v) is 3.75. The van der Waals surface area contributed by atoms with Gasteiger partial charge in [0.05, 0.1) is 19.1 Å². The van der Waals surface area contributed by atoms with Crippen LogP contribution < -0.4 is 10.6 Å². The van der Waals surface area contributed by atoms with E-state index in [4.69, 9.17) is 4.74 Å². The molecule has 170 valence electrons. The number of rotatable bonds is 9. The van der Waals surface area contributed by atoms with E-state index in [-0.39, 0.29) is 30.2 Å². The van der Waals surface area contributed by atoms with Crippen LogP contribution in [0.4, 0.5) is 11.4 Å². The van der Waals surface area contributed by atoms with Crippen LogP contribution >= 0.6 is 0 Å². The molecule has 32 heavy (non-hydrogen) atoms. The minimum atomic E-state index is -0.166. The molecule has 1 fully saturated rings. The van der Waals surface area contributed by atoms with Crippen LogP contribution in [0.25, 0.3) is 0 Å². The number of ether oxygens (including phenoxy) is 1. The maximum absolute atomic E-state index is 12.5. The van der Waals surface area contributed by atoms with Crippen LogP contribution in [0, 0.1) is 5.92 Å². The summed E-state index contributed by atoms with van der Waals surface area (Å²) in [5.41, 5.74) is 2.58. The maximum atomic E-state index is 12.5. The molecule has 1 saturated heterocycles. The van der Waals surface area contributed by atoms with E-state index in [1.54, 1.807) is 11.8 Å². The quantitative estimate of drug-likeness (QED) is 0.587. The Hall–Kier alpha value is -3.35. The molecule has 2 amide bonds. The Morgan fingerprint density at radius 2 is 1.72 bits per heavy atom. The number of benzene rings is 2. The zero-order chi connectivity index (χ0) is 22.8. The second kappa shape index (κ2) is 11.9. The summed E-state index contributed by atoms with van der Waals surface area (Å²) in [5.74, 6) is -0.342. The minimum Gasteiger partial charge on any atom is -0.466 e. The van der Waals surface area contributed by atoms with Crippen molar-refractivity contribution in [3.05, 3.63) is 60.2 Å². The third-order valence-electron chi connectivity index (χ3n) is 5.54. The van der Waals surface area contributed by atoms with Crippen molar-refractivity contribution >= 4 is 29.2 Å². The van der Waals surface area contributed by atoms with Gasteiger partial charge in [-0.25, -0.2) is 0 Å². The Morgan fingerprint density at radius 1 is 1.00 bits per heavy atom. The summed E-state index contributed by atoms with van der Waals surface area (Å²) in [6, 6.07) is 17.2. The first-order valence-corrected chi connectivity index (χ1v) is 11.2. The fourth-order valence-electron chi connectivity index (χ4n) is 3.75. The Balaban J connectivity index is 1.42. The summed E-state index contributed by atoms with van der Waals surface area (Å²) in [4.78, 5) is 38.4. The number of hydrogen-bond acceptors (Lipinski definition) is 5. The zero-order valence-electron chi connectivity index (χ0n) is 18.5. The molecule has 7 nitrogen and oxygen atoms in total. The van der Waals surface area contributed by atoms with E-state index < -0.39 is 0 Å². The first-order chi connectivity index (χ1) is 15.5. The monoisotopic (exact) mass is 437 g/mol. The number of piperidine rings is 1. The Kier molecular flexibility index (Phi) is 8.66. The number of hydrogen-bond donors (Lipinski definition) is 2. The second-order valence-corrected chi connectivity index (χ2v) is 7.88. The number of nitrogens with one attached hydrogen (secondary N) is 2. The lowest BCUT2D eigenvalue weighted by Gasteiger charge is -2.31. The van der Waals surface area contributed by atoms with Crippen LogP contribution in [0.3, 0.4) is 0 Å². The predicted molar refractivity (Wildman–Crippen MR) is 124 cm³/mol. The van der Waals surface area contributed by atoms with Gasteiger partial charge in [-0.05, 0) is 49.9 Å². The summed E-state index contributed by atoms with van der Waals surface area (Å²) >= 11 is 0. The highest BCUT2D eigenvalue weighted by molar-refractivity contribution is 5.91. The van der Waals surface area contributed by atoms with Crippen LogP contribution in [0.2, 0.25) is 0 Å². The molecule has 0 saturated carbocycles. The summed E-state index contributed by atoms with van der Waals surface area (Å²) in [5, 5.41) is 6.04. The van der Waals surface area contributed by atoms with Crippen molar-refractivity contribution in [2.24, 2.45) is 5.92 Å². The molecular weight excluding hydrogens is 406 g/mol. The number of amides is 2. The van der Waals surface area contributed by atoms with Gasteiger partial charge in [-0.15, -0.1) is 0 Å². The average molecular weight is 438 g/mol. The molecule has 0 spiro atoms. The van der Waals surface area contributed by atoms with Crippen LogP contribution in [-0.2, 0) is 25.5 Å². The van der Waals surface area contributed by atoms with Crippen LogP contribution in [0.15, 0.2) is 54.6 Å². The molecule has 1 heterocycles. The zero-order valence-corrected chi connectivity index (χ0v) is 18.5. The summed E-state index contributed by atoms with van der Waals surface area (Å²) in [6.07, 6.45) is 2.36. The largest absolute Gasteiger partial charge is 0.466 e. The lowest BCUT2D eigenvalue weighted by Crippen LogP contribution is -2.43. The van der Waals surface area contributed by atoms with Gasteiger partial charge >= 0.3 is 5.97 Å². The number of anilines is 2. The summed E-state index contributed by atoms with van der Waals surface area (Å²) in [7, 11) is 0. The van der Waals surface area contributed by atoms with Crippen LogP contribution in [-0.4, -0.2) is 48.9 Å². The molecule has 0 bridgehead atoms. The second-order valence-electron chi connectivity index (χ2n) is 7.88. The van der Waals surface area contributed by atoms with Crippen LogP contribution in [0.5, 0.6) is 0 Å². The van der Waals surface area contributed by atoms with Gasteiger partial charge in [0.25, 0.3) is 0 Å². The summed E-state index contributed by atoms with van der Waals surface area (Å²) in [6.45, 7) is 3.46. The Morgan fingerprint density at radius 3 is 2.44 bits per heavy atom. The highest BCUT2D eigenvalue weighted by atomic mass is 16.5. The molecule has 2 N–H and O–H groups in total. The van der Waals surface area contributed by atoms with E-state index in [2.05, 4.69) is 10.6 Å². The van der Waals surface area contributed by atoms with Crippen molar-refractivity contribution in [2.45, 2.75) is 32.6 Å². The highest BCUT2D eigenvalue weighted by Gasteiger charge is 2.27. The first kappa shape index (κ1) is 23.3. The lowest BCUT2D eigenvalue weighted by atomic mass is 9.97. The van der Waals surface area contributed by atoms with Gasteiger partial charge < -0.3 is 20.3 Å². The third-order valence-corrected chi connectivity index (χ3v) is 5.54. The topological polar surface area (TPSA) is 87.7 Å². The van der Waals surface area contributed by atoms with E-state index in [0.29, 0.717) is 51.1 Å². The fraction of sp³-hybridized carbons (Fsp3) is 0.400. The molecule has 0 radical (unpaired) electrons. The van der Waals surface area contributed by atoms with Gasteiger partial charge in [-0.2, -0.15) is 0 Å². The predicted octanol–water partition coefficient (Wildman–Crippen LogP) is 3.47. The molecule has 0 unspecified atom stereocenters. The molecule has 0 aliphatic carbocycles. The summed E-state index contributed by atoms with van der Waals surface area (Å²) < 4.78 is 5.07. The van der Waals surface area contributed by atoms with Gasteiger partial charge in [0, 0.05) is 30.9 Å². The number of esters is 1. The molecule has 3 rings (SSSR count). The molecule has 2 aromatic rings. The van der Waals surface area contributed by atoms with E-state index >= 15 is 0 Å². The third kappa shape index (κ3) is 7.11.